The Morgan fingerprint density at radius 1 is 1.18 bits per heavy atom. The molecule has 28 heavy (non-hydrogen) atoms. The third kappa shape index (κ3) is 3.35. The second kappa shape index (κ2) is 7.20. The van der Waals surface area contributed by atoms with E-state index in [1.807, 2.05) is 19.0 Å². The standard InChI is InChI=1S/C19H26N2O6S/c1-20(2)13-14-12-19(18(22)27-14)6-8-21(9-7-19)28(23,24)16-5-3-4-15-17(16)26-11-10-25-15/h3-5,14H,6-13H2,1-2H3. The minimum absolute atomic E-state index is 0.125. The van der Waals surface area contributed by atoms with E-state index in [-0.39, 0.29) is 35.8 Å². The number of likely N-dealkylation sites (N-methyl/N-ethyl adjacent to an activating group) is 1. The number of cyclic esters (lactones) is 1. The quantitative estimate of drug-likeness (QED) is 0.687. The number of nitrogens with zero attached hydrogens (tertiary/aromatic N) is 2. The number of piperidine rings is 1. The normalized spacial score (nSPS) is 24.5. The first-order chi connectivity index (χ1) is 13.3. The molecule has 1 unspecified atom stereocenters. The molecule has 1 spiro atoms. The zero-order valence-electron chi connectivity index (χ0n) is 16.2. The molecule has 0 bridgehead atoms. The van der Waals surface area contributed by atoms with Gasteiger partial charge in [0, 0.05) is 26.1 Å². The van der Waals surface area contributed by atoms with Crippen LogP contribution in [0.1, 0.15) is 19.3 Å². The van der Waals surface area contributed by atoms with Gasteiger partial charge in [-0.1, -0.05) is 6.07 Å². The number of hydrogen-bond donors (Lipinski definition) is 0. The van der Waals surface area contributed by atoms with E-state index in [1.54, 1.807) is 18.2 Å². The van der Waals surface area contributed by atoms with Gasteiger partial charge in [0.2, 0.25) is 10.0 Å². The summed E-state index contributed by atoms with van der Waals surface area (Å²) in [5.41, 5.74) is -0.567. The van der Waals surface area contributed by atoms with Crippen molar-refractivity contribution in [2.45, 2.75) is 30.3 Å². The first-order valence-corrected chi connectivity index (χ1v) is 11.0. The third-order valence-corrected chi connectivity index (χ3v) is 7.64. The Hall–Kier alpha value is -1.84. The van der Waals surface area contributed by atoms with Crippen LogP contribution in [0, 0.1) is 5.41 Å². The first kappa shape index (κ1) is 19.5. The first-order valence-electron chi connectivity index (χ1n) is 9.56. The Morgan fingerprint density at radius 3 is 2.61 bits per heavy atom. The van der Waals surface area contributed by atoms with Crippen LogP contribution >= 0.6 is 0 Å². The minimum Gasteiger partial charge on any atom is -0.486 e. The molecular weight excluding hydrogens is 384 g/mol. The summed E-state index contributed by atoms with van der Waals surface area (Å²) in [6.07, 6.45) is 1.47. The molecule has 154 valence electrons. The van der Waals surface area contributed by atoms with Crippen molar-refractivity contribution in [2.75, 3.05) is 46.9 Å². The molecule has 0 saturated carbocycles. The van der Waals surface area contributed by atoms with Gasteiger partial charge in [-0.05, 0) is 39.1 Å². The molecule has 0 N–H and O–H groups in total. The molecule has 1 atom stereocenters. The van der Waals surface area contributed by atoms with Crippen LogP contribution in [0.4, 0.5) is 0 Å². The summed E-state index contributed by atoms with van der Waals surface area (Å²) in [6.45, 7) is 1.98. The number of fused-ring (bicyclic) bond motifs is 1. The SMILES string of the molecule is CN(C)CC1CC2(CCN(S(=O)(=O)c3cccc4c3OCCO4)CC2)C(=O)O1. The number of sulfonamides is 1. The van der Waals surface area contributed by atoms with E-state index in [9.17, 15) is 13.2 Å². The molecule has 9 heteroatoms. The molecule has 8 nitrogen and oxygen atoms in total. The van der Waals surface area contributed by atoms with Gasteiger partial charge >= 0.3 is 5.97 Å². The zero-order valence-corrected chi connectivity index (χ0v) is 17.0. The summed E-state index contributed by atoms with van der Waals surface area (Å²) in [5.74, 6) is 0.539. The summed E-state index contributed by atoms with van der Waals surface area (Å²) in [4.78, 5) is 14.6. The fourth-order valence-corrected chi connectivity index (χ4v) is 5.88. The van der Waals surface area contributed by atoms with Crippen molar-refractivity contribution in [1.29, 1.82) is 0 Å². The van der Waals surface area contributed by atoms with Gasteiger partial charge in [0.05, 0.1) is 5.41 Å². The summed E-state index contributed by atoms with van der Waals surface area (Å²) >= 11 is 0. The minimum atomic E-state index is -3.73. The highest BCUT2D eigenvalue weighted by Crippen LogP contribution is 2.45. The lowest BCUT2D eigenvalue weighted by Crippen LogP contribution is -2.45. The molecule has 0 aliphatic carbocycles. The second-order valence-electron chi connectivity index (χ2n) is 7.96. The molecule has 0 radical (unpaired) electrons. The van der Waals surface area contributed by atoms with Crippen molar-refractivity contribution >= 4 is 16.0 Å². The Kier molecular flexibility index (Phi) is 5.01. The number of benzene rings is 1. The van der Waals surface area contributed by atoms with E-state index >= 15 is 0 Å². The van der Waals surface area contributed by atoms with Crippen molar-refractivity contribution in [1.82, 2.24) is 9.21 Å². The topological polar surface area (TPSA) is 85.4 Å². The smallest absolute Gasteiger partial charge is 0.312 e. The molecule has 4 rings (SSSR count). The van der Waals surface area contributed by atoms with Crippen molar-refractivity contribution in [2.24, 2.45) is 5.41 Å². The van der Waals surface area contributed by atoms with Crippen molar-refractivity contribution in [3.8, 4) is 11.5 Å². The van der Waals surface area contributed by atoms with Crippen LogP contribution in [-0.4, -0.2) is 76.6 Å². The molecule has 2 saturated heterocycles. The average molecular weight is 410 g/mol. The van der Waals surface area contributed by atoms with Gasteiger partial charge in [-0.3, -0.25) is 4.79 Å². The van der Waals surface area contributed by atoms with Crippen LogP contribution in [0.15, 0.2) is 23.1 Å². The van der Waals surface area contributed by atoms with Crippen LogP contribution in [0.3, 0.4) is 0 Å². The number of rotatable bonds is 4. The highest BCUT2D eigenvalue weighted by molar-refractivity contribution is 7.89. The highest BCUT2D eigenvalue weighted by Gasteiger charge is 2.51. The fraction of sp³-hybridized carbons (Fsp3) is 0.632. The van der Waals surface area contributed by atoms with Gasteiger partial charge < -0.3 is 19.1 Å². The largest absolute Gasteiger partial charge is 0.486 e. The van der Waals surface area contributed by atoms with Crippen LogP contribution in [0.25, 0.3) is 0 Å². The van der Waals surface area contributed by atoms with Crippen LogP contribution in [0.5, 0.6) is 11.5 Å². The highest BCUT2D eigenvalue weighted by atomic mass is 32.2. The molecule has 1 aromatic rings. The predicted molar refractivity (Wildman–Crippen MR) is 101 cm³/mol. The Morgan fingerprint density at radius 2 is 1.89 bits per heavy atom. The number of ether oxygens (including phenoxy) is 3. The summed E-state index contributed by atoms with van der Waals surface area (Å²) in [5, 5.41) is 0. The van der Waals surface area contributed by atoms with Gasteiger partial charge in [0.15, 0.2) is 11.5 Å². The van der Waals surface area contributed by atoms with Crippen LogP contribution in [0.2, 0.25) is 0 Å². The lowest BCUT2D eigenvalue weighted by Gasteiger charge is -2.36. The maximum absolute atomic E-state index is 13.2. The second-order valence-corrected chi connectivity index (χ2v) is 9.86. The van der Waals surface area contributed by atoms with Gasteiger partial charge in [0.1, 0.15) is 24.2 Å². The van der Waals surface area contributed by atoms with Gasteiger partial charge in [-0.2, -0.15) is 4.31 Å². The van der Waals surface area contributed by atoms with E-state index in [0.29, 0.717) is 44.8 Å². The summed E-state index contributed by atoms with van der Waals surface area (Å²) in [7, 11) is 0.158. The van der Waals surface area contributed by atoms with Gasteiger partial charge in [-0.15, -0.1) is 0 Å². The van der Waals surface area contributed by atoms with Crippen LogP contribution in [-0.2, 0) is 19.6 Å². The Balaban J connectivity index is 1.50. The van der Waals surface area contributed by atoms with Crippen molar-refractivity contribution < 1.29 is 27.4 Å². The van der Waals surface area contributed by atoms with Crippen LogP contribution < -0.4 is 9.47 Å². The predicted octanol–water partition coefficient (Wildman–Crippen LogP) is 1.11. The monoisotopic (exact) mass is 410 g/mol. The zero-order chi connectivity index (χ0) is 19.9. The Labute approximate surface area is 165 Å². The van der Waals surface area contributed by atoms with E-state index in [4.69, 9.17) is 14.2 Å². The summed E-state index contributed by atoms with van der Waals surface area (Å²) < 4.78 is 44.5. The van der Waals surface area contributed by atoms with E-state index in [0.717, 1.165) is 0 Å². The maximum Gasteiger partial charge on any atom is 0.312 e. The fourth-order valence-electron chi connectivity index (χ4n) is 4.30. The lowest BCUT2D eigenvalue weighted by atomic mass is 9.76. The third-order valence-electron chi connectivity index (χ3n) is 5.72. The number of hydrogen-bond acceptors (Lipinski definition) is 7. The number of para-hydroxylation sites is 1. The van der Waals surface area contributed by atoms with E-state index in [1.165, 1.54) is 4.31 Å². The van der Waals surface area contributed by atoms with E-state index in [2.05, 4.69) is 0 Å². The van der Waals surface area contributed by atoms with Crippen molar-refractivity contribution in [3.05, 3.63) is 18.2 Å². The Bertz CT molecular complexity index is 861. The number of carbonyl (C=O) groups is 1. The van der Waals surface area contributed by atoms with Crippen molar-refractivity contribution in [3.63, 3.8) is 0 Å². The molecule has 3 heterocycles. The number of carbonyl (C=O) groups excluding carboxylic acids is 1. The number of esters is 1. The molecular formula is C19H26N2O6S. The lowest BCUT2D eigenvalue weighted by molar-refractivity contribution is -0.150. The molecule has 1 aromatic carbocycles. The van der Waals surface area contributed by atoms with Gasteiger partial charge in [-0.25, -0.2) is 8.42 Å². The average Bonchev–Trinajstić information content (AvgIpc) is 2.95. The maximum atomic E-state index is 13.2. The molecule has 0 aromatic heterocycles. The van der Waals surface area contributed by atoms with Gasteiger partial charge in [0.25, 0.3) is 0 Å². The summed E-state index contributed by atoms with van der Waals surface area (Å²) in [6, 6.07) is 4.91. The molecule has 0 amide bonds. The molecule has 3 aliphatic rings. The molecule has 2 fully saturated rings. The van der Waals surface area contributed by atoms with E-state index < -0.39 is 15.4 Å². The molecule has 3 aliphatic heterocycles.